The monoisotopic (exact) mass is 463 g/mol. The summed E-state index contributed by atoms with van der Waals surface area (Å²) in [6, 6.07) is 6.49. The van der Waals surface area contributed by atoms with E-state index in [0.717, 1.165) is 5.56 Å². The number of hydrogen-bond acceptors (Lipinski definition) is 8. The highest BCUT2D eigenvalue weighted by Gasteiger charge is 2.41. The van der Waals surface area contributed by atoms with E-state index in [0.29, 0.717) is 51.7 Å². The number of nitrogens with zero attached hydrogens (tertiary/aromatic N) is 1. The predicted molar refractivity (Wildman–Crippen MR) is 114 cm³/mol. The third-order valence-electron chi connectivity index (χ3n) is 5.17. The van der Waals surface area contributed by atoms with Crippen molar-refractivity contribution < 1.29 is 38.1 Å². The molecule has 0 aliphatic carbocycles. The van der Waals surface area contributed by atoms with Gasteiger partial charge < -0.3 is 24.3 Å². The molecule has 2 atom stereocenters. The summed E-state index contributed by atoms with van der Waals surface area (Å²) in [5.41, 5.74) is 0.790. The molecule has 2 unspecified atom stereocenters. The highest BCUT2D eigenvalue weighted by atomic mass is 16.6. The number of cyclic esters (lactones) is 1. The second-order valence-corrected chi connectivity index (χ2v) is 7.62. The van der Waals surface area contributed by atoms with Gasteiger partial charge in [0.05, 0.1) is 33.0 Å². The van der Waals surface area contributed by atoms with Crippen molar-refractivity contribution in [2.45, 2.75) is 31.9 Å². The molecule has 2 saturated heterocycles. The van der Waals surface area contributed by atoms with Gasteiger partial charge in [0.25, 0.3) is 0 Å². The van der Waals surface area contributed by atoms with Crippen molar-refractivity contribution in [2.75, 3.05) is 46.1 Å². The number of ether oxygens (including phenoxy) is 4. The Morgan fingerprint density at radius 2 is 1.79 bits per heavy atom. The van der Waals surface area contributed by atoms with Crippen LogP contribution in [-0.4, -0.2) is 80.9 Å². The minimum atomic E-state index is -0.689. The predicted octanol–water partition coefficient (Wildman–Crippen LogP) is 0.533. The molecule has 0 spiro atoms. The van der Waals surface area contributed by atoms with E-state index in [4.69, 9.17) is 18.9 Å². The Kier molecular flexibility index (Phi) is 9.02. The van der Waals surface area contributed by atoms with Crippen molar-refractivity contribution >= 4 is 23.8 Å². The van der Waals surface area contributed by atoms with Crippen LogP contribution >= 0.6 is 0 Å². The molecule has 0 aromatic heterocycles. The molecule has 2 heterocycles. The molecule has 180 valence electrons. The Morgan fingerprint density at radius 1 is 1.09 bits per heavy atom. The maximum atomic E-state index is 12.3. The Labute approximate surface area is 191 Å². The lowest BCUT2D eigenvalue weighted by Gasteiger charge is -2.27. The number of piperidine rings is 1. The van der Waals surface area contributed by atoms with Gasteiger partial charge >= 0.3 is 6.09 Å². The zero-order valence-electron chi connectivity index (χ0n) is 18.5. The van der Waals surface area contributed by atoms with Crippen LogP contribution < -0.4 is 15.4 Å². The fraction of sp³-hybridized carbons (Fsp3) is 0.545. The molecule has 33 heavy (non-hydrogen) atoms. The van der Waals surface area contributed by atoms with Crippen LogP contribution in [0.3, 0.4) is 0 Å². The van der Waals surface area contributed by atoms with Crippen LogP contribution in [-0.2, 0) is 28.6 Å². The summed E-state index contributed by atoms with van der Waals surface area (Å²) in [5, 5.41) is 4.90. The summed E-state index contributed by atoms with van der Waals surface area (Å²) in [6.07, 6.45) is -0.562. The Hall–Kier alpha value is -3.18. The summed E-state index contributed by atoms with van der Waals surface area (Å²) in [6.45, 7) is 4.24. The number of carbonyl (C=O) groups excluding carboxylic acids is 4. The number of rotatable bonds is 12. The van der Waals surface area contributed by atoms with E-state index in [2.05, 4.69) is 10.6 Å². The topological polar surface area (TPSA) is 132 Å². The van der Waals surface area contributed by atoms with Crippen LogP contribution in [0.2, 0.25) is 0 Å². The van der Waals surface area contributed by atoms with Crippen LogP contribution in [0.4, 0.5) is 4.79 Å². The normalized spacial score (nSPS) is 20.4. The van der Waals surface area contributed by atoms with Crippen molar-refractivity contribution in [3.63, 3.8) is 0 Å². The smallest absolute Gasteiger partial charge is 0.411 e. The van der Waals surface area contributed by atoms with Gasteiger partial charge in [0.15, 0.2) is 0 Å². The second kappa shape index (κ2) is 12.2. The van der Waals surface area contributed by atoms with E-state index >= 15 is 0 Å². The summed E-state index contributed by atoms with van der Waals surface area (Å²) < 4.78 is 21.8. The van der Waals surface area contributed by atoms with E-state index in [-0.39, 0.29) is 24.8 Å². The van der Waals surface area contributed by atoms with Gasteiger partial charge in [-0.1, -0.05) is 12.1 Å². The third kappa shape index (κ3) is 7.43. The Morgan fingerprint density at radius 3 is 2.48 bits per heavy atom. The molecule has 0 saturated carbocycles. The number of amides is 4. The van der Waals surface area contributed by atoms with Gasteiger partial charge in [0, 0.05) is 19.9 Å². The van der Waals surface area contributed by atoms with Gasteiger partial charge in [-0.15, -0.1) is 0 Å². The number of hydrogen-bond donors (Lipinski definition) is 2. The first-order valence-electron chi connectivity index (χ1n) is 10.9. The summed E-state index contributed by atoms with van der Waals surface area (Å²) >= 11 is 0. The number of nitrogens with one attached hydrogen (secondary N) is 2. The van der Waals surface area contributed by atoms with E-state index in [1.165, 1.54) is 11.8 Å². The molecule has 1 aromatic carbocycles. The van der Waals surface area contributed by atoms with Crippen molar-refractivity contribution in [1.82, 2.24) is 15.5 Å². The van der Waals surface area contributed by atoms with Crippen molar-refractivity contribution in [1.29, 1.82) is 0 Å². The molecule has 1 aromatic rings. The maximum absolute atomic E-state index is 12.3. The first-order valence-corrected chi connectivity index (χ1v) is 10.9. The lowest BCUT2D eigenvalue weighted by Crippen LogP contribution is -2.52. The minimum absolute atomic E-state index is 0.0847. The summed E-state index contributed by atoms with van der Waals surface area (Å²) in [5.74, 6) is -0.224. The van der Waals surface area contributed by atoms with E-state index in [1.807, 2.05) is 12.1 Å². The first-order chi connectivity index (χ1) is 15.9. The maximum Gasteiger partial charge on any atom is 0.411 e. The second-order valence-electron chi connectivity index (χ2n) is 7.62. The van der Waals surface area contributed by atoms with Gasteiger partial charge in [-0.25, -0.2) is 4.79 Å². The van der Waals surface area contributed by atoms with Gasteiger partial charge in [-0.3, -0.25) is 24.6 Å². The SMILES string of the molecule is CC(=O)NCCOCCOCCOc1ccc(C2CN(C3CCC(=O)NC3=O)C(=O)O2)cc1. The number of benzene rings is 1. The Bertz CT molecular complexity index is 845. The minimum Gasteiger partial charge on any atom is -0.491 e. The largest absolute Gasteiger partial charge is 0.491 e. The summed E-state index contributed by atoms with van der Waals surface area (Å²) in [7, 11) is 0. The molecule has 2 aliphatic heterocycles. The number of imide groups is 1. The fourth-order valence-electron chi connectivity index (χ4n) is 3.51. The van der Waals surface area contributed by atoms with Crippen molar-refractivity contribution in [3.8, 4) is 5.75 Å². The summed E-state index contributed by atoms with van der Waals surface area (Å²) in [4.78, 5) is 47.7. The highest BCUT2D eigenvalue weighted by molar-refractivity contribution is 6.01. The van der Waals surface area contributed by atoms with E-state index in [1.54, 1.807) is 12.1 Å². The highest BCUT2D eigenvalue weighted by Crippen LogP contribution is 2.30. The molecule has 11 heteroatoms. The van der Waals surface area contributed by atoms with Gasteiger partial charge in [0.2, 0.25) is 17.7 Å². The lowest BCUT2D eigenvalue weighted by atomic mass is 10.0. The molecule has 2 fully saturated rings. The zero-order valence-corrected chi connectivity index (χ0v) is 18.5. The van der Waals surface area contributed by atoms with E-state index < -0.39 is 24.1 Å². The van der Waals surface area contributed by atoms with Crippen LogP contribution in [0.5, 0.6) is 5.75 Å². The zero-order chi connectivity index (χ0) is 23.6. The standard InChI is InChI=1S/C22H29N3O8/c1-15(26)23-8-9-30-10-11-31-12-13-32-17-4-2-16(3-5-17)19-14-25(22(29)33-19)18-6-7-20(27)24-21(18)28/h2-5,18-19H,6-14H2,1H3,(H,23,26)(H,24,27,28). The van der Waals surface area contributed by atoms with Crippen LogP contribution in [0.15, 0.2) is 24.3 Å². The molecule has 0 radical (unpaired) electrons. The van der Waals surface area contributed by atoms with Crippen molar-refractivity contribution in [2.24, 2.45) is 0 Å². The molecule has 11 nitrogen and oxygen atoms in total. The molecular formula is C22H29N3O8. The van der Waals surface area contributed by atoms with Crippen LogP contribution in [0.1, 0.15) is 31.4 Å². The molecule has 0 bridgehead atoms. The molecule has 4 amide bonds. The third-order valence-corrected chi connectivity index (χ3v) is 5.17. The first kappa shape index (κ1) is 24.5. The van der Waals surface area contributed by atoms with E-state index in [9.17, 15) is 19.2 Å². The van der Waals surface area contributed by atoms with Gasteiger partial charge in [-0.05, 0) is 24.1 Å². The quantitative estimate of drug-likeness (QED) is 0.339. The Balaban J connectivity index is 1.33. The van der Waals surface area contributed by atoms with Crippen LogP contribution in [0, 0.1) is 0 Å². The average molecular weight is 463 g/mol. The molecular weight excluding hydrogens is 434 g/mol. The molecule has 3 rings (SSSR count). The van der Waals surface area contributed by atoms with Crippen LogP contribution in [0.25, 0.3) is 0 Å². The molecule has 2 N–H and O–H groups in total. The van der Waals surface area contributed by atoms with Gasteiger partial charge in [0.1, 0.15) is 24.5 Å². The lowest BCUT2D eigenvalue weighted by molar-refractivity contribution is -0.136. The number of carbonyl (C=O) groups is 4. The molecule has 2 aliphatic rings. The van der Waals surface area contributed by atoms with Crippen molar-refractivity contribution in [3.05, 3.63) is 29.8 Å². The van der Waals surface area contributed by atoms with Gasteiger partial charge in [-0.2, -0.15) is 0 Å². The fourth-order valence-corrected chi connectivity index (χ4v) is 3.51. The average Bonchev–Trinajstić information content (AvgIpc) is 3.16.